The number of carbonyl (C=O) groups excluding carboxylic acids is 1. The second-order valence-corrected chi connectivity index (χ2v) is 2.45. The summed E-state index contributed by atoms with van der Waals surface area (Å²) >= 11 is 5.60. The second kappa shape index (κ2) is 2.31. The molecule has 0 spiro atoms. The molecular weight excluding hydrogens is 124 g/mol. The topological polar surface area (TPSA) is 17.1 Å². The number of ketones is 1. The van der Waals surface area contributed by atoms with Gasteiger partial charge in [0.25, 0.3) is 0 Å². The predicted octanol–water partition coefficient (Wildman–Crippen LogP) is 1.51. The van der Waals surface area contributed by atoms with E-state index in [2.05, 4.69) is 0 Å². The lowest BCUT2D eigenvalue weighted by Crippen LogP contribution is -2.08. The maximum atomic E-state index is 10.5. The fraction of sp³-hybridized carbons (Fsp3) is 0.500. The quantitative estimate of drug-likeness (QED) is 0.359. The molecule has 0 aliphatic heterocycles. The lowest BCUT2D eigenvalue weighted by molar-refractivity contribution is -0.118. The SMILES string of the molecule is O=C1CC=CC(Cl)C1. The lowest BCUT2D eigenvalue weighted by atomic mass is 10.1. The Balaban J connectivity index is 2.54. The average Bonchev–Trinajstić information content (AvgIpc) is 1.64. The molecule has 1 nitrogen and oxygen atoms in total. The molecule has 2 heteroatoms. The van der Waals surface area contributed by atoms with E-state index >= 15 is 0 Å². The van der Waals surface area contributed by atoms with E-state index in [1.54, 1.807) is 0 Å². The molecular formula is C6H7ClO. The maximum Gasteiger partial charge on any atom is 0.138 e. The fourth-order valence-electron chi connectivity index (χ4n) is 0.716. The van der Waals surface area contributed by atoms with E-state index < -0.39 is 0 Å². The number of hydrogen-bond acceptors (Lipinski definition) is 1. The molecule has 0 saturated carbocycles. The molecule has 1 aliphatic rings. The number of Topliss-reactive ketones (excluding diaryl/α,β-unsaturated/α-hetero) is 1. The summed E-state index contributed by atoms with van der Waals surface area (Å²) in [6.07, 6.45) is 4.77. The summed E-state index contributed by atoms with van der Waals surface area (Å²) in [7, 11) is 0. The Labute approximate surface area is 53.3 Å². The molecule has 8 heavy (non-hydrogen) atoms. The van der Waals surface area contributed by atoms with Crippen molar-refractivity contribution in [2.45, 2.75) is 18.2 Å². The van der Waals surface area contributed by atoms with Crippen LogP contribution in [0, 0.1) is 0 Å². The van der Waals surface area contributed by atoms with Crippen molar-refractivity contribution in [3.8, 4) is 0 Å². The standard InChI is InChI=1S/C6H7ClO/c7-5-2-1-3-6(8)4-5/h1-2,5H,3-4H2. The van der Waals surface area contributed by atoms with Crippen molar-refractivity contribution in [1.29, 1.82) is 0 Å². The summed E-state index contributed by atoms with van der Waals surface area (Å²) in [5.41, 5.74) is 0. The summed E-state index contributed by atoms with van der Waals surface area (Å²) in [5, 5.41) is -0.0451. The molecule has 1 rings (SSSR count). The Bertz CT molecular complexity index is 128. The lowest BCUT2D eigenvalue weighted by Gasteiger charge is -2.05. The Morgan fingerprint density at radius 2 is 2.50 bits per heavy atom. The minimum Gasteiger partial charge on any atom is -0.299 e. The van der Waals surface area contributed by atoms with Crippen molar-refractivity contribution >= 4 is 17.4 Å². The van der Waals surface area contributed by atoms with Gasteiger partial charge in [-0.2, -0.15) is 0 Å². The summed E-state index contributed by atoms with van der Waals surface area (Å²) in [6.45, 7) is 0. The van der Waals surface area contributed by atoms with Gasteiger partial charge in [0.15, 0.2) is 0 Å². The highest BCUT2D eigenvalue weighted by atomic mass is 35.5. The van der Waals surface area contributed by atoms with E-state index in [1.165, 1.54) is 0 Å². The van der Waals surface area contributed by atoms with Crippen molar-refractivity contribution in [2.24, 2.45) is 0 Å². The minimum atomic E-state index is -0.0451. The molecule has 0 N–H and O–H groups in total. The average molecular weight is 131 g/mol. The van der Waals surface area contributed by atoms with Crippen LogP contribution < -0.4 is 0 Å². The summed E-state index contributed by atoms with van der Waals surface area (Å²) in [4.78, 5) is 10.5. The summed E-state index contributed by atoms with van der Waals surface area (Å²) in [6, 6.07) is 0. The van der Waals surface area contributed by atoms with Crippen molar-refractivity contribution < 1.29 is 4.79 Å². The van der Waals surface area contributed by atoms with E-state index in [1.807, 2.05) is 12.2 Å². The van der Waals surface area contributed by atoms with Crippen LogP contribution in [0.4, 0.5) is 0 Å². The van der Waals surface area contributed by atoms with Gasteiger partial charge in [0, 0.05) is 12.8 Å². The number of alkyl halides is 1. The summed E-state index contributed by atoms with van der Waals surface area (Å²) < 4.78 is 0. The first-order chi connectivity index (χ1) is 3.79. The van der Waals surface area contributed by atoms with Gasteiger partial charge in [-0.15, -0.1) is 11.6 Å². The minimum absolute atomic E-state index is 0.0451. The molecule has 0 radical (unpaired) electrons. The van der Waals surface area contributed by atoms with Gasteiger partial charge in [0.1, 0.15) is 5.78 Å². The highest BCUT2D eigenvalue weighted by Gasteiger charge is 2.10. The van der Waals surface area contributed by atoms with Crippen LogP contribution in [-0.4, -0.2) is 11.2 Å². The van der Waals surface area contributed by atoms with Crippen LogP contribution in [0.1, 0.15) is 12.8 Å². The van der Waals surface area contributed by atoms with Gasteiger partial charge in [0.05, 0.1) is 5.38 Å². The normalized spacial score (nSPS) is 28.6. The van der Waals surface area contributed by atoms with Crippen LogP contribution in [0.15, 0.2) is 12.2 Å². The highest BCUT2D eigenvalue weighted by Crippen LogP contribution is 2.11. The van der Waals surface area contributed by atoms with Crippen LogP contribution in [0.25, 0.3) is 0 Å². The van der Waals surface area contributed by atoms with Crippen LogP contribution >= 0.6 is 11.6 Å². The largest absolute Gasteiger partial charge is 0.299 e. The third-order valence-corrected chi connectivity index (χ3v) is 1.41. The Hall–Kier alpha value is -0.300. The Morgan fingerprint density at radius 1 is 1.75 bits per heavy atom. The van der Waals surface area contributed by atoms with Crippen LogP contribution in [0.5, 0.6) is 0 Å². The second-order valence-electron chi connectivity index (χ2n) is 1.89. The van der Waals surface area contributed by atoms with Gasteiger partial charge in [-0.3, -0.25) is 4.79 Å². The third-order valence-electron chi connectivity index (χ3n) is 1.11. The van der Waals surface area contributed by atoms with Gasteiger partial charge < -0.3 is 0 Å². The van der Waals surface area contributed by atoms with Gasteiger partial charge in [-0.1, -0.05) is 12.2 Å². The van der Waals surface area contributed by atoms with Gasteiger partial charge in [-0.25, -0.2) is 0 Å². The number of hydrogen-bond donors (Lipinski definition) is 0. The van der Waals surface area contributed by atoms with Gasteiger partial charge in [-0.05, 0) is 0 Å². The van der Waals surface area contributed by atoms with Crippen LogP contribution in [-0.2, 0) is 4.79 Å². The van der Waals surface area contributed by atoms with Crippen molar-refractivity contribution in [1.82, 2.24) is 0 Å². The Kier molecular flexibility index (Phi) is 1.69. The molecule has 0 fully saturated rings. The first kappa shape index (κ1) is 5.83. The van der Waals surface area contributed by atoms with E-state index in [9.17, 15) is 4.79 Å². The molecule has 1 unspecified atom stereocenters. The molecule has 0 amide bonds. The van der Waals surface area contributed by atoms with Crippen molar-refractivity contribution in [2.75, 3.05) is 0 Å². The molecule has 1 aliphatic carbocycles. The number of carbonyl (C=O) groups is 1. The van der Waals surface area contributed by atoms with Gasteiger partial charge >= 0.3 is 0 Å². The first-order valence-electron chi connectivity index (χ1n) is 2.61. The van der Waals surface area contributed by atoms with E-state index in [4.69, 9.17) is 11.6 Å². The molecule has 0 heterocycles. The fourth-order valence-corrected chi connectivity index (χ4v) is 0.991. The van der Waals surface area contributed by atoms with Crippen molar-refractivity contribution in [3.05, 3.63) is 12.2 Å². The number of halogens is 1. The molecule has 0 aromatic heterocycles. The third kappa shape index (κ3) is 1.34. The van der Waals surface area contributed by atoms with E-state index in [0.717, 1.165) is 0 Å². The van der Waals surface area contributed by atoms with Crippen LogP contribution in [0.2, 0.25) is 0 Å². The maximum absolute atomic E-state index is 10.5. The zero-order valence-corrected chi connectivity index (χ0v) is 5.19. The molecule has 1 atom stereocenters. The van der Waals surface area contributed by atoms with Gasteiger partial charge in [0.2, 0.25) is 0 Å². The van der Waals surface area contributed by atoms with Crippen LogP contribution in [0.3, 0.4) is 0 Å². The van der Waals surface area contributed by atoms with E-state index in [-0.39, 0.29) is 11.2 Å². The zero-order chi connectivity index (χ0) is 5.98. The number of allylic oxidation sites excluding steroid dienone is 2. The van der Waals surface area contributed by atoms with E-state index in [0.29, 0.717) is 12.8 Å². The predicted molar refractivity (Wildman–Crippen MR) is 33.0 cm³/mol. The molecule has 0 aromatic rings. The zero-order valence-electron chi connectivity index (χ0n) is 4.43. The highest BCUT2D eigenvalue weighted by molar-refractivity contribution is 6.23. The molecule has 0 bridgehead atoms. The smallest absolute Gasteiger partial charge is 0.138 e. The Morgan fingerprint density at radius 3 is 2.88 bits per heavy atom. The molecule has 0 saturated heterocycles. The first-order valence-corrected chi connectivity index (χ1v) is 3.05. The molecule has 0 aromatic carbocycles. The monoisotopic (exact) mass is 130 g/mol. The molecule has 44 valence electrons. The van der Waals surface area contributed by atoms with Crippen molar-refractivity contribution in [3.63, 3.8) is 0 Å². The number of rotatable bonds is 0. The summed E-state index contributed by atoms with van der Waals surface area (Å²) in [5.74, 6) is 0.243.